The van der Waals surface area contributed by atoms with Gasteiger partial charge in [-0.3, -0.25) is 0 Å². The number of rotatable bonds is 7. The molecule has 0 saturated carbocycles. The van der Waals surface area contributed by atoms with Gasteiger partial charge in [0.25, 0.3) is 0 Å². The SMILES string of the molecule is COc1ccc(C(O)CNS(=O)(=O)c2ccc(F)c(Cl)c2)cc1OC. The molecule has 2 aromatic carbocycles. The van der Waals surface area contributed by atoms with Gasteiger partial charge in [-0.1, -0.05) is 17.7 Å². The van der Waals surface area contributed by atoms with E-state index in [0.717, 1.165) is 18.2 Å². The lowest BCUT2D eigenvalue weighted by Gasteiger charge is -2.15. The molecule has 6 nitrogen and oxygen atoms in total. The molecule has 1 atom stereocenters. The number of hydrogen-bond donors (Lipinski definition) is 2. The molecule has 0 aliphatic heterocycles. The molecule has 0 bridgehead atoms. The Morgan fingerprint density at radius 1 is 1.16 bits per heavy atom. The van der Waals surface area contributed by atoms with Gasteiger partial charge in [0, 0.05) is 6.54 Å². The second-order valence-electron chi connectivity index (χ2n) is 5.06. The summed E-state index contributed by atoms with van der Waals surface area (Å²) in [7, 11) is -1.01. The third kappa shape index (κ3) is 4.60. The Morgan fingerprint density at radius 2 is 1.84 bits per heavy atom. The van der Waals surface area contributed by atoms with E-state index in [4.69, 9.17) is 21.1 Å². The molecule has 0 aromatic heterocycles. The van der Waals surface area contributed by atoms with Gasteiger partial charge < -0.3 is 14.6 Å². The highest BCUT2D eigenvalue weighted by Gasteiger charge is 2.19. The highest BCUT2D eigenvalue weighted by Crippen LogP contribution is 2.30. The van der Waals surface area contributed by atoms with Crippen LogP contribution >= 0.6 is 11.6 Å². The van der Waals surface area contributed by atoms with Crippen molar-refractivity contribution in [3.05, 3.63) is 52.8 Å². The molecule has 2 aromatic rings. The maximum absolute atomic E-state index is 13.1. The quantitative estimate of drug-likeness (QED) is 0.760. The first kappa shape index (κ1) is 19.5. The van der Waals surface area contributed by atoms with Crippen molar-refractivity contribution in [1.29, 1.82) is 0 Å². The van der Waals surface area contributed by atoms with E-state index in [-0.39, 0.29) is 16.5 Å². The van der Waals surface area contributed by atoms with Crippen LogP contribution in [0.2, 0.25) is 5.02 Å². The van der Waals surface area contributed by atoms with Crippen LogP contribution in [0.3, 0.4) is 0 Å². The van der Waals surface area contributed by atoms with E-state index in [9.17, 15) is 17.9 Å². The first-order valence-corrected chi connectivity index (χ1v) is 8.99. The van der Waals surface area contributed by atoms with Crippen molar-refractivity contribution in [3.8, 4) is 11.5 Å². The van der Waals surface area contributed by atoms with Crippen LogP contribution in [0.25, 0.3) is 0 Å². The van der Waals surface area contributed by atoms with E-state index < -0.39 is 21.9 Å². The third-order valence-corrected chi connectivity index (χ3v) is 5.17. The molecule has 2 N–H and O–H groups in total. The summed E-state index contributed by atoms with van der Waals surface area (Å²) in [5.74, 6) is 0.179. The maximum atomic E-state index is 13.1. The van der Waals surface area contributed by atoms with Gasteiger partial charge in [0.05, 0.1) is 30.2 Å². The van der Waals surface area contributed by atoms with Crippen LogP contribution in [0.15, 0.2) is 41.3 Å². The highest BCUT2D eigenvalue weighted by molar-refractivity contribution is 7.89. The maximum Gasteiger partial charge on any atom is 0.240 e. The summed E-state index contributed by atoms with van der Waals surface area (Å²) in [6.07, 6.45) is -1.12. The smallest absolute Gasteiger partial charge is 0.240 e. The van der Waals surface area contributed by atoms with Crippen molar-refractivity contribution in [2.75, 3.05) is 20.8 Å². The third-order valence-electron chi connectivity index (χ3n) is 3.46. The van der Waals surface area contributed by atoms with Gasteiger partial charge in [0.15, 0.2) is 11.5 Å². The molecule has 25 heavy (non-hydrogen) atoms. The van der Waals surface area contributed by atoms with E-state index in [2.05, 4.69) is 4.72 Å². The minimum atomic E-state index is -3.95. The van der Waals surface area contributed by atoms with Gasteiger partial charge >= 0.3 is 0 Å². The number of ether oxygens (including phenoxy) is 2. The van der Waals surface area contributed by atoms with Gasteiger partial charge in [0.1, 0.15) is 5.82 Å². The van der Waals surface area contributed by atoms with Crippen LogP contribution < -0.4 is 14.2 Å². The minimum absolute atomic E-state index is 0.196. The molecule has 0 aliphatic rings. The van der Waals surface area contributed by atoms with E-state index in [1.807, 2.05) is 0 Å². The molecular formula is C16H17ClFNO5S. The number of halogens is 2. The molecular weight excluding hydrogens is 373 g/mol. The molecule has 0 heterocycles. The van der Waals surface area contributed by atoms with Crippen LogP contribution in [-0.2, 0) is 10.0 Å². The van der Waals surface area contributed by atoms with E-state index in [1.54, 1.807) is 18.2 Å². The second kappa shape index (κ2) is 8.01. The van der Waals surface area contributed by atoms with Gasteiger partial charge in [-0.15, -0.1) is 0 Å². The second-order valence-corrected chi connectivity index (χ2v) is 7.23. The molecule has 0 saturated heterocycles. The van der Waals surface area contributed by atoms with Crippen molar-refractivity contribution >= 4 is 21.6 Å². The molecule has 0 aliphatic carbocycles. The summed E-state index contributed by atoms with van der Waals surface area (Å²) >= 11 is 5.60. The molecule has 0 spiro atoms. The summed E-state index contributed by atoms with van der Waals surface area (Å²) in [5, 5.41) is 9.90. The molecule has 136 valence electrons. The van der Waals surface area contributed by atoms with Crippen LogP contribution in [0.4, 0.5) is 4.39 Å². The lowest BCUT2D eigenvalue weighted by molar-refractivity contribution is 0.181. The number of aliphatic hydroxyl groups is 1. The molecule has 0 radical (unpaired) electrons. The van der Waals surface area contributed by atoms with Crippen LogP contribution in [0, 0.1) is 5.82 Å². The summed E-state index contributed by atoms with van der Waals surface area (Å²) in [5.41, 5.74) is 0.442. The predicted octanol–water partition coefficient (Wildman–Crippen LogP) is 2.51. The Hall–Kier alpha value is -1.87. The van der Waals surface area contributed by atoms with E-state index >= 15 is 0 Å². The Labute approximate surface area is 150 Å². The Bertz CT molecular complexity index is 860. The van der Waals surface area contributed by atoms with Crippen molar-refractivity contribution in [3.63, 3.8) is 0 Å². The Balaban J connectivity index is 2.13. The van der Waals surface area contributed by atoms with E-state index in [1.165, 1.54) is 14.2 Å². The lowest BCUT2D eigenvalue weighted by atomic mass is 10.1. The van der Waals surface area contributed by atoms with Crippen LogP contribution in [-0.4, -0.2) is 34.3 Å². The molecule has 0 amide bonds. The average Bonchev–Trinajstić information content (AvgIpc) is 2.61. The fraction of sp³-hybridized carbons (Fsp3) is 0.250. The largest absolute Gasteiger partial charge is 0.493 e. The number of hydrogen-bond acceptors (Lipinski definition) is 5. The predicted molar refractivity (Wildman–Crippen MR) is 91.1 cm³/mol. The summed E-state index contributed by atoms with van der Waals surface area (Å²) in [4.78, 5) is -0.196. The monoisotopic (exact) mass is 389 g/mol. The van der Waals surface area contributed by atoms with Crippen LogP contribution in [0.1, 0.15) is 11.7 Å². The molecule has 9 heteroatoms. The fourth-order valence-electron chi connectivity index (χ4n) is 2.09. The lowest BCUT2D eigenvalue weighted by Crippen LogP contribution is -2.28. The zero-order valence-corrected chi connectivity index (χ0v) is 15.1. The standard InChI is InChI=1S/C16H17ClFNO5S/c1-23-15-6-3-10(7-16(15)24-2)14(20)9-19-25(21,22)11-4-5-13(18)12(17)8-11/h3-8,14,19-20H,9H2,1-2H3. The van der Waals surface area contributed by atoms with Gasteiger partial charge in [-0.25, -0.2) is 17.5 Å². The van der Waals surface area contributed by atoms with E-state index in [0.29, 0.717) is 17.1 Å². The van der Waals surface area contributed by atoms with Gasteiger partial charge in [-0.2, -0.15) is 0 Å². The van der Waals surface area contributed by atoms with Crippen molar-refractivity contribution in [1.82, 2.24) is 4.72 Å². The number of sulfonamides is 1. The zero-order valence-electron chi connectivity index (χ0n) is 13.5. The summed E-state index contributed by atoms with van der Waals surface area (Å²) < 4.78 is 50.1. The normalized spacial score (nSPS) is 12.7. The fourth-order valence-corrected chi connectivity index (χ4v) is 3.40. The molecule has 1 unspecified atom stereocenters. The number of benzene rings is 2. The number of methoxy groups -OCH3 is 2. The molecule has 2 rings (SSSR count). The van der Waals surface area contributed by atoms with Gasteiger partial charge in [0.2, 0.25) is 10.0 Å². The van der Waals surface area contributed by atoms with Crippen LogP contribution in [0.5, 0.6) is 11.5 Å². The number of nitrogens with one attached hydrogen (secondary N) is 1. The Morgan fingerprint density at radius 3 is 2.44 bits per heavy atom. The summed E-state index contributed by atoms with van der Waals surface area (Å²) in [6.45, 7) is -0.285. The topological polar surface area (TPSA) is 84.9 Å². The molecule has 0 fully saturated rings. The first-order valence-electron chi connectivity index (χ1n) is 7.13. The van der Waals surface area contributed by atoms with Gasteiger partial charge in [-0.05, 0) is 35.9 Å². The Kier molecular flexibility index (Phi) is 6.23. The average molecular weight is 390 g/mol. The van der Waals surface area contributed by atoms with Crippen molar-refractivity contribution in [2.45, 2.75) is 11.0 Å². The number of aliphatic hydroxyl groups excluding tert-OH is 1. The zero-order chi connectivity index (χ0) is 18.6. The van der Waals surface area contributed by atoms with Crippen molar-refractivity contribution < 1.29 is 27.4 Å². The first-order chi connectivity index (χ1) is 11.8. The van der Waals surface area contributed by atoms with Crippen molar-refractivity contribution in [2.24, 2.45) is 0 Å². The summed E-state index contributed by atoms with van der Waals surface area (Å²) in [6, 6.07) is 7.79. The minimum Gasteiger partial charge on any atom is -0.493 e. The highest BCUT2D eigenvalue weighted by atomic mass is 35.5.